The summed E-state index contributed by atoms with van der Waals surface area (Å²) in [5, 5.41) is 5.05. The topological polar surface area (TPSA) is 9.86 Å². The van der Waals surface area contributed by atoms with E-state index in [0.29, 0.717) is 0 Å². The van der Waals surface area contributed by atoms with Gasteiger partial charge in [0.15, 0.2) is 0 Å². The highest BCUT2D eigenvalue weighted by atomic mass is 15.0. The van der Waals surface area contributed by atoms with Crippen LogP contribution in [0.2, 0.25) is 0 Å². The first kappa shape index (κ1) is 49.5. The summed E-state index contributed by atoms with van der Waals surface area (Å²) in [5.41, 5.74) is 30.0. The normalized spacial score (nSPS) is 13.8. The molecule has 0 saturated heterocycles. The standard InChI is InChI=1S/C82H60N2/c1-81(2)73-49-59(57-33-27-53(28-34-57)23-25-55-31-45-79-71(47-55)69-19-11-13-21-77(69)83(79)63-15-7-5-8-16-63)37-41-65(73)67-43-39-61(51-75(67)81)62-40-44-68-66-42-38-60(50-74(66)82(3,4)76(68)52-62)58-35-29-54(30-36-58)24-26-56-32-46-80-72(48-56)70-20-12-14-22-78(70)84(80)64-17-9-6-10-18-64/h5-52H,1-4H3. The largest absolute Gasteiger partial charge is 0.309 e. The summed E-state index contributed by atoms with van der Waals surface area (Å²) in [6.07, 6.45) is 8.93. The van der Waals surface area contributed by atoms with Crippen LogP contribution in [-0.4, -0.2) is 9.13 Å². The van der Waals surface area contributed by atoms with E-state index in [1.165, 1.54) is 155 Å². The van der Waals surface area contributed by atoms with Gasteiger partial charge in [-0.2, -0.15) is 0 Å². The Bertz CT molecular complexity index is 4700. The van der Waals surface area contributed by atoms with Gasteiger partial charge in [0.05, 0.1) is 22.1 Å². The maximum absolute atomic E-state index is 2.47. The zero-order valence-electron chi connectivity index (χ0n) is 47.6. The highest BCUT2D eigenvalue weighted by Crippen LogP contribution is 2.53. The summed E-state index contributed by atoms with van der Waals surface area (Å²) < 4.78 is 4.73. The molecule has 0 radical (unpaired) electrons. The van der Waals surface area contributed by atoms with Gasteiger partial charge in [-0.25, -0.2) is 0 Å². The Hall–Kier alpha value is -10.3. The molecular weight excluding hydrogens is 1010 g/mol. The number of benzene rings is 12. The van der Waals surface area contributed by atoms with Gasteiger partial charge in [-0.15, -0.1) is 0 Å². The third kappa shape index (κ3) is 8.00. The van der Waals surface area contributed by atoms with Crippen LogP contribution in [0.5, 0.6) is 0 Å². The second-order valence-electron chi connectivity index (χ2n) is 24.1. The van der Waals surface area contributed by atoms with Gasteiger partial charge in [-0.05, 0) is 185 Å². The summed E-state index contributed by atoms with van der Waals surface area (Å²) in [4.78, 5) is 0. The molecule has 84 heavy (non-hydrogen) atoms. The maximum atomic E-state index is 2.47. The molecule has 0 bridgehead atoms. The molecule has 0 N–H and O–H groups in total. The van der Waals surface area contributed by atoms with Gasteiger partial charge in [-0.1, -0.05) is 234 Å². The Morgan fingerprint density at radius 1 is 0.238 bits per heavy atom. The first-order valence-electron chi connectivity index (χ1n) is 29.5. The number of rotatable bonds is 9. The molecule has 2 heteroatoms. The van der Waals surface area contributed by atoms with Crippen LogP contribution in [0, 0.1) is 0 Å². The highest BCUT2D eigenvalue weighted by molar-refractivity contribution is 6.11. The van der Waals surface area contributed by atoms with Crippen molar-refractivity contribution in [2.75, 3.05) is 0 Å². The second kappa shape index (κ2) is 19.2. The third-order valence-electron chi connectivity index (χ3n) is 18.5. The van der Waals surface area contributed by atoms with Gasteiger partial charge in [0.1, 0.15) is 0 Å². The van der Waals surface area contributed by atoms with Gasteiger partial charge in [0.25, 0.3) is 0 Å². The van der Waals surface area contributed by atoms with E-state index in [9.17, 15) is 0 Å². The lowest BCUT2D eigenvalue weighted by Crippen LogP contribution is -2.15. The number of fused-ring (bicyclic) bond motifs is 12. The van der Waals surface area contributed by atoms with E-state index in [4.69, 9.17) is 0 Å². The molecule has 398 valence electrons. The summed E-state index contributed by atoms with van der Waals surface area (Å²) >= 11 is 0. The lowest BCUT2D eigenvalue weighted by atomic mass is 9.79. The third-order valence-corrected chi connectivity index (χ3v) is 18.5. The van der Waals surface area contributed by atoms with Crippen molar-refractivity contribution in [3.63, 3.8) is 0 Å². The maximum Gasteiger partial charge on any atom is 0.0541 e. The van der Waals surface area contributed by atoms with Crippen molar-refractivity contribution < 1.29 is 0 Å². The molecule has 0 aliphatic heterocycles. The van der Waals surface area contributed by atoms with E-state index in [1.54, 1.807) is 0 Å². The van der Waals surface area contributed by atoms with Crippen LogP contribution < -0.4 is 0 Å². The van der Waals surface area contributed by atoms with Gasteiger partial charge >= 0.3 is 0 Å². The fraction of sp³-hybridized carbons (Fsp3) is 0.0732. The minimum atomic E-state index is -0.160. The minimum Gasteiger partial charge on any atom is -0.309 e. The van der Waals surface area contributed by atoms with E-state index >= 15 is 0 Å². The molecule has 0 unspecified atom stereocenters. The summed E-state index contributed by atoms with van der Waals surface area (Å²) in [7, 11) is 0. The molecular formula is C82H60N2. The minimum absolute atomic E-state index is 0.160. The van der Waals surface area contributed by atoms with Crippen molar-refractivity contribution in [2.24, 2.45) is 0 Å². The van der Waals surface area contributed by atoms with Crippen molar-refractivity contribution in [3.8, 4) is 67.0 Å². The number of nitrogens with zero attached hydrogens (tertiary/aromatic N) is 2. The Morgan fingerprint density at radius 2 is 0.524 bits per heavy atom. The molecule has 0 spiro atoms. The fourth-order valence-electron chi connectivity index (χ4n) is 14.1. The molecule has 2 heterocycles. The van der Waals surface area contributed by atoms with E-state index in [2.05, 4.69) is 328 Å². The van der Waals surface area contributed by atoms with Gasteiger partial charge in [-0.3, -0.25) is 0 Å². The van der Waals surface area contributed by atoms with E-state index in [0.717, 1.165) is 0 Å². The molecule has 2 aromatic heterocycles. The zero-order valence-corrected chi connectivity index (χ0v) is 47.6. The number of hydrogen-bond donors (Lipinski definition) is 0. The van der Waals surface area contributed by atoms with Crippen molar-refractivity contribution in [2.45, 2.75) is 38.5 Å². The van der Waals surface area contributed by atoms with Crippen LogP contribution in [0.3, 0.4) is 0 Å². The van der Waals surface area contributed by atoms with Gasteiger partial charge in [0.2, 0.25) is 0 Å². The van der Waals surface area contributed by atoms with Gasteiger partial charge in [0, 0.05) is 43.7 Å². The predicted octanol–water partition coefficient (Wildman–Crippen LogP) is 21.8. The lowest BCUT2D eigenvalue weighted by molar-refractivity contribution is 0.660. The average molecular weight is 1070 g/mol. The molecule has 0 fully saturated rings. The monoisotopic (exact) mass is 1070 g/mol. The SMILES string of the molecule is CC1(C)c2cc(-c3ccc(C=Cc4ccc5c(c4)c4ccccc4n5-c4ccccc4)cc3)ccc2-c2ccc(-c3ccc4c(c3)C(C)(C)c3cc(-c5ccc(C=Cc6ccc7c(c6)c6ccccc6n7-c6ccccc6)cc5)ccc3-4)cc21. The quantitative estimate of drug-likeness (QED) is 0.128. The summed E-state index contributed by atoms with van der Waals surface area (Å²) in [6.45, 7) is 9.59. The van der Waals surface area contributed by atoms with Crippen LogP contribution in [-0.2, 0) is 10.8 Å². The Morgan fingerprint density at radius 3 is 0.893 bits per heavy atom. The van der Waals surface area contributed by atoms with Crippen molar-refractivity contribution in [1.82, 2.24) is 9.13 Å². The number of para-hydroxylation sites is 4. The van der Waals surface area contributed by atoms with Crippen LogP contribution in [0.1, 0.15) is 72.2 Å². The molecule has 16 rings (SSSR count). The van der Waals surface area contributed by atoms with Gasteiger partial charge < -0.3 is 9.13 Å². The average Bonchev–Trinajstić information content (AvgIpc) is 2.29. The molecule has 0 amide bonds. The second-order valence-corrected chi connectivity index (χ2v) is 24.1. The summed E-state index contributed by atoms with van der Waals surface area (Å²) in [6, 6.07) is 98.9. The Kier molecular flexibility index (Phi) is 11.3. The van der Waals surface area contributed by atoms with Crippen LogP contribution in [0.15, 0.2) is 267 Å². The van der Waals surface area contributed by atoms with E-state index in [-0.39, 0.29) is 10.8 Å². The van der Waals surface area contributed by atoms with E-state index in [1.807, 2.05) is 0 Å². The van der Waals surface area contributed by atoms with E-state index < -0.39 is 0 Å². The highest BCUT2D eigenvalue weighted by Gasteiger charge is 2.38. The first-order valence-corrected chi connectivity index (χ1v) is 29.5. The molecule has 2 aliphatic carbocycles. The number of hydrogen-bond acceptors (Lipinski definition) is 0. The summed E-state index contributed by atoms with van der Waals surface area (Å²) in [5.74, 6) is 0. The molecule has 2 nitrogen and oxygen atoms in total. The number of aromatic nitrogens is 2. The first-order chi connectivity index (χ1) is 41.1. The van der Waals surface area contributed by atoms with Crippen molar-refractivity contribution in [1.29, 1.82) is 0 Å². The molecule has 14 aromatic rings. The molecule has 12 aromatic carbocycles. The Labute approximate surface area is 491 Å². The van der Waals surface area contributed by atoms with Crippen molar-refractivity contribution in [3.05, 3.63) is 311 Å². The van der Waals surface area contributed by atoms with Crippen LogP contribution in [0.25, 0.3) is 135 Å². The Balaban J connectivity index is 0.617. The van der Waals surface area contributed by atoms with Crippen LogP contribution >= 0.6 is 0 Å². The predicted molar refractivity (Wildman–Crippen MR) is 357 cm³/mol. The smallest absolute Gasteiger partial charge is 0.0541 e. The molecule has 2 aliphatic rings. The zero-order chi connectivity index (χ0) is 56.3. The van der Waals surface area contributed by atoms with Crippen molar-refractivity contribution >= 4 is 67.9 Å². The molecule has 0 atom stereocenters. The molecule has 0 saturated carbocycles. The van der Waals surface area contributed by atoms with Crippen LogP contribution in [0.4, 0.5) is 0 Å². The lowest BCUT2D eigenvalue weighted by Gasteiger charge is -2.24. The fourth-order valence-corrected chi connectivity index (χ4v) is 14.1.